The first-order valence-electron chi connectivity index (χ1n) is 7.80. The summed E-state index contributed by atoms with van der Waals surface area (Å²) in [7, 11) is 3.02. The minimum Gasteiger partial charge on any atom is -0.497 e. The highest BCUT2D eigenvalue weighted by Crippen LogP contribution is 2.37. The quantitative estimate of drug-likeness (QED) is 0.573. The summed E-state index contributed by atoms with van der Waals surface area (Å²) in [6.45, 7) is 0.137. The Hall–Kier alpha value is -3.18. The fraction of sp³-hybridized carbons (Fsp3) is 0.158. The van der Waals surface area contributed by atoms with Crippen molar-refractivity contribution in [3.63, 3.8) is 0 Å². The van der Waals surface area contributed by atoms with E-state index in [4.69, 9.17) is 18.9 Å². The Morgan fingerprint density at radius 2 is 1.96 bits per heavy atom. The van der Waals surface area contributed by atoms with Gasteiger partial charge in [-0.15, -0.1) is 0 Å². The number of rotatable bonds is 5. The Balaban J connectivity index is 1.87. The summed E-state index contributed by atoms with van der Waals surface area (Å²) in [6, 6.07) is 10.3. The van der Waals surface area contributed by atoms with Gasteiger partial charge in [-0.05, 0) is 35.9 Å². The highest BCUT2D eigenvalue weighted by Gasteiger charge is 2.18. The van der Waals surface area contributed by atoms with Crippen molar-refractivity contribution < 1.29 is 23.7 Å². The van der Waals surface area contributed by atoms with E-state index in [9.17, 15) is 10.1 Å². The van der Waals surface area contributed by atoms with Crippen LogP contribution < -0.4 is 24.3 Å². The summed E-state index contributed by atoms with van der Waals surface area (Å²) in [5.74, 6) is 1.60. The largest absolute Gasteiger partial charge is 0.497 e. The summed E-state index contributed by atoms with van der Waals surface area (Å²) in [6.07, 6.45) is 1.47. The number of amides is 1. The number of hydrogen-bond donors (Lipinski definition) is 1. The number of nitrogens with one attached hydrogen (secondary N) is 1. The molecule has 0 aliphatic carbocycles. The Morgan fingerprint density at radius 1 is 1.22 bits per heavy atom. The van der Waals surface area contributed by atoms with Crippen molar-refractivity contribution >= 4 is 33.6 Å². The molecule has 0 unspecified atom stereocenters. The maximum atomic E-state index is 12.6. The van der Waals surface area contributed by atoms with Crippen LogP contribution in [0.5, 0.6) is 23.0 Å². The van der Waals surface area contributed by atoms with Crippen LogP contribution in [0.3, 0.4) is 0 Å². The minimum absolute atomic E-state index is 0.0764. The Kier molecular flexibility index (Phi) is 5.52. The summed E-state index contributed by atoms with van der Waals surface area (Å²) in [4.78, 5) is 12.6. The number of nitrogens with zero attached hydrogens (tertiary/aromatic N) is 1. The lowest BCUT2D eigenvalue weighted by Gasteiger charge is -2.11. The SMILES string of the molecule is COc1ccc(NC(=O)/C(C#N)=C/c2cc3c(cc2Br)OCO3)c(OC)c1. The second kappa shape index (κ2) is 8.01. The van der Waals surface area contributed by atoms with Gasteiger partial charge in [0.1, 0.15) is 23.1 Å². The van der Waals surface area contributed by atoms with Crippen LogP contribution in [-0.4, -0.2) is 26.9 Å². The van der Waals surface area contributed by atoms with E-state index in [1.165, 1.54) is 20.3 Å². The van der Waals surface area contributed by atoms with E-state index in [-0.39, 0.29) is 12.4 Å². The number of halogens is 1. The van der Waals surface area contributed by atoms with Crippen LogP contribution in [-0.2, 0) is 4.79 Å². The smallest absolute Gasteiger partial charge is 0.266 e. The van der Waals surface area contributed by atoms with Crippen molar-refractivity contribution in [2.45, 2.75) is 0 Å². The zero-order chi connectivity index (χ0) is 19.4. The first-order valence-corrected chi connectivity index (χ1v) is 8.59. The first-order chi connectivity index (χ1) is 13.0. The third kappa shape index (κ3) is 3.99. The zero-order valence-corrected chi connectivity index (χ0v) is 16.1. The van der Waals surface area contributed by atoms with Gasteiger partial charge in [0.15, 0.2) is 11.5 Å². The van der Waals surface area contributed by atoms with E-state index >= 15 is 0 Å². The standard InChI is InChI=1S/C19H15BrN2O5/c1-24-13-3-4-15(16(7-13)25-2)22-19(23)12(9-21)5-11-6-17-18(8-14(11)20)27-10-26-17/h3-8H,10H2,1-2H3,(H,22,23)/b12-5+. The van der Waals surface area contributed by atoms with E-state index in [1.54, 1.807) is 30.3 Å². The molecule has 1 aliphatic heterocycles. The predicted octanol–water partition coefficient (Wildman–Crippen LogP) is 3.74. The number of nitriles is 1. The molecule has 138 valence electrons. The van der Waals surface area contributed by atoms with Gasteiger partial charge in [0.05, 0.1) is 19.9 Å². The molecular formula is C19H15BrN2O5. The molecule has 1 heterocycles. The molecule has 0 saturated heterocycles. The molecule has 0 bridgehead atoms. The van der Waals surface area contributed by atoms with Crippen molar-refractivity contribution in [1.82, 2.24) is 0 Å². The maximum Gasteiger partial charge on any atom is 0.266 e. The molecule has 0 spiro atoms. The van der Waals surface area contributed by atoms with E-state index in [0.717, 1.165) is 0 Å². The van der Waals surface area contributed by atoms with Crippen LogP contribution in [0.1, 0.15) is 5.56 Å². The third-order valence-corrected chi connectivity index (χ3v) is 4.50. The molecule has 2 aromatic carbocycles. The molecule has 0 atom stereocenters. The predicted molar refractivity (Wildman–Crippen MR) is 102 cm³/mol. The summed E-state index contributed by atoms with van der Waals surface area (Å²) < 4.78 is 21.7. The molecule has 3 rings (SSSR count). The molecular weight excluding hydrogens is 416 g/mol. The van der Waals surface area contributed by atoms with Crippen molar-refractivity contribution in [3.05, 3.63) is 45.9 Å². The molecule has 1 N–H and O–H groups in total. The van der Waals surface area contributed by atoms with Gasteiger partial charge in [0, 0.05) is 10.5 Å². The molecule has 1 aliphatic rings. The van der Waals surface area contributed by atoms with Crippen LogP contribution >= 0.6 is 15.9 Å². The second-order valence-electron chi connectivity index (χ2n) is 5.42. The van der Waals surface area contributed by atoms with Crippen molar-refractivity contribution in [3.8, 4) is 29.1 Å². The average molecular weight is 431 g/mol. The lowest BCUT2D eigenvalue weighted by atomic mass is 10.1. The summed E-state index contributed by atoms with van der Waals surface area (Å²) >= 11 is 3.41. The number of benzene rings is 2. The van der Waals surface area contributed by atoms with Crippen molar-refractivity contribution in [2.75, 3.05) is 26.3 Å². The van der Waals surface area contributed by atoms with E-state index in [2.05, 4.69) is 21.2 Å². The molecule has 7 nitrogen and oxygen atoms in total. The number of methoxy groups -OCH3 is 2. The van der Waals surface area contributed by atoms with Gasteiger partial charge in [-0.25, -0.2) is 0 Å². The molecule has 1 amide bonds. The van der Waals surface area contributed by atoms with Gasteiger partial charge >= 0.3 is 0 Å². The second-order valence-corrected chi connectivity index (χ2v) is 6.27. The van der Waals surface area contributed by atoms with Crippen LogP contribution in [0, 0.1) is 11.3 Å². The fourth-order valence-corrected chi connectivity index (χ4v) is 2.88. The number of hydrogen-bond acceptors (Lipinski definition) is 6. The van der Waals surface area contributed by atoms with Crippen LogP contribution in [0.2, 0.25) is 0 Å². The van der Waals surface area contributed by atoms with Crippen molar-refractivity contribution in [2.24, 2.45) is 0 Å². The van der Waals surface area contributed by atoms with E-state index in [0.29, 0.717) is 38.7 Å². The Labute approximate surface area is 164 Å². The number of anilines is 1. The Bertz CT molecular complexity index is 965. The van der Waals surface area contributed by atoms with Crippen LogP contribution in [0.25, 0.3) is 6.08 Å². The van der Waals surface area contributed by atoms with Crippen molar-refractivity contribution in [1.29, 1.82) is 5.26 Å². The maximum absolute atomic E-state index is 12.6. The number of ether oxygens (including phenoxy) is 4. The van der Waals surface area contributed by atoms with E-state index in [1.807, 2.05) is 6.07 Å². The van der Waals surface area contributed by atoms with Gasteiger partial charge in [-0.3, -0.25) is 4.79 Å². The van der Waals surface area contributed by atoms with Crippen LogP contribution in [0.15, 0.2) is 40.4 Å². The van der Waals surface area contributed by atoms with Crippen LogP contribution in [0.4, 0.5) is 5.69 Å². The van der Waals surface area contributed by atoms with Gasteiger partial charge in [0.25, 0.3) is 5.91 Å². The van der Waals surface area contributed by atoms with Gasteiger partial charge in [0.2, 0.25) is 6.79 Å². The average Bonchev–Trinajstić information content (AvgIpc) is 3.13. The number of carbonyl (C=O) groups excluding carboxylic acids is 1. The molecule has 2 aromatic rings. The fourth-order valence-electron chi connectivity index (χ4n) is 2.44. The van der Waals surface area contributed by atoms with Gasteiger partial charge in [-0.1, -0.05) is 15.9 Å². The minimum atomic E-state index is -0.564. The summed E-state index contributed by atoms with van der Waals surface area (Å²) in [5, 5.41) is 12.1. The molecule has 0 fully saturated rings. The lowest BCUT2D eigenvalue weighted by molar-refractivity contribution is -0.112. The highest BCUT2D eigenvalue weighted by molar-refractivity contribution is 9.10. The molecule has 27 heavy (non-hydrogen) atoms. The molecule has 0 radical (unpaired) electrons. The lowest BCUT2D eigenvalue weighted by Crippen LogP contribution is -2.14. The van der Waals surface area contributed by atoms with Gasteiger partial charge in [-0.2, -0.15) is 5.26 Å². The van der Waals surface area contributed by atoms with E-state index < -0.39 is 5.91 Å². The highest BCUT2D eigenvalue weighted by atomic mass is 79.9. The van der Waals surface area contributed by atoms with Gasteiger partial charge < -0.3 is 24.3 Å². The normalized spacial score (nSPS) is 12.3. The molecule has 0 aromatic heterocycles. The molecule has 8 heteroatoms. The Morgan fingerprint density at radius 3 is 2.63 bits per heavy atom. The number of carbonyl (C=O) groups is 1. The molecule has 0 saturated carbocycles. The monoisotopic (exact) mass is 430 g/mol. The topological polar surface area (TPSA) is 89.8 Å². The third-order valence-electron chi connectivity index (χ3n) is 3.81. The summed E-state index contributed by atoms with van der Waals surface area (Å²) in [5.41, 5.74) is 0.967. The number of fused-ring (bicyclic) bond motifs is 1. The zero-order valence-electron chi connectivity index (χ0n) is 14.5. The first kappa shape index (κ1) is 18.6.